The largest absolute Gasteiger partial charge is 0.384 e. The van der Waals surface area contributed by atoms with E-state index in [0.29, 0.717) is 18.3 Å². The molecule has 94 valence electrons. The van der Waals surface area contributed by atoms with E-state index >= 15 is 0 Å². The minimum Gasteiger partial charge on any atom is -0.384 e. The fourth-order valence-electron chi connectivity index (χ4n) is 1.74. The van der Waals surface area contributed by atoms with Gasteiger partial charge >= 0.3 is 0 Å². The van der Waals surface area contributed by atoms with E-state index < -0.39 is 6.10 Å². The van der Waals surface area contributed by atoms with Crippen molar-refractivity contribution in [2.45, 2.75) is 19.4 Å². The molecule has 1 aliphatic heterocycles. The van der Waals surface area contributed by atoms with Crippen LogP contribution in [0.4, 0.5) is 0 Å². The fraction of sp³-hybridized carbons (Fsp3) is 0.308. The molecule has 0 fully saturated rings. The van der Waals surface area contributed by atoms with E-state index in [1.165, 1.54) is 13.0 Å². The van der Waals surface area contributed by atoms with Crippen molar-refractivity contribution in [2.24, 2.45) is 4.99 Å². The number of rotatable bonds is 4. The molecule has 0 bridgehead atoms. The van der Waals surface area contributed by atoms with Crippen LogP contribution < -0.4 is 15.9 Å². The quantitative estimate of drug-likeness (QED) is 0.690. The Morgan fingerprint density at radius 1 is 1.50 bits per heavy atom. The maximum absolute atomic E-state index is 11.1. The van der Waals surface area contributed by atoms with Gasteiger partial charge in [-0.2, -0.15) is 0 Å². The Labute approximate surface area is 104 Å². The average Bonchev–Trinajstić information content (AvgIpc) is 2.68. The van der Waals surface area contributed by atoms with Gasteiger partial charge in [-0.15, -0.1) is 0 Å². The predicted octanol–water partition coefficient (Wildman–Crippen LogP) is -1.33. The molecular formula is C13H14N2O3. The Hall–Kier alpha value is -2.01. The van der Waals surface area contributed by atoms with E-state index in [-0.39, 0.29) is 11.8 Å². The highest BCUT2D eigenvalue weighted by molar-refractivity contribution is 6.06. The number of fused-ring (bicyclic) bond motifs is 1. The van der Waals surface area contributed by atoms with Crippen molar-refractivity contribution in [1.29, 1.82) is 0 Å². The summed E-state index contributed by atoms with van der Waals surface area (Å²) in [7, 11) is 0. The fourth-order valence-corrected chi connectivity index (χ4v) is 1.74. The third-order valence-corrected chi connectivity index (χ3v) is 2.69. The van der Waals surface area contributed by atoms with Crippen molar-refractivity contribution in [3.8, 4) is 0 Å². The number of carbonyl (C=O) groups is 2. The molecule has 2 amide bonds. The Kier molecular flexibility index (Phi) is 3.53. The van der Waals surface area contributed by atoms with Gasteiger partial charge in [-0.25, -0.2) is 4.99 Å². The zero-order chi connectivity index (χ0) is 13.1. The smallest absolute Gasteiger partial charge is 0.270 e. The second kappa shape index (κ2) is 5.10. The Bertz CT molecular complexity index is 605. The lowest BCUT2D eigenvalue weighted by Gasteiger charge is -2.06. The monoisotopic (exact) mass is 246 g/mol. The van der Waals surface area contributed by atoms with Crippen molar-refractivity contribution in [3.05, 3.63) is 34.3 Å². The van der Waals surface area contributed by atoms with Crippen molar-refractivity contribution in [3.63, 3.8) is 0 Å². The van der Waals surface area contributed by atoms with Crippen molar-refractivity contribution in [1.82, 2.24) is 5.32 Å². The molecule has 0 aromatic heterocycles. The maximum Gasteiger partial charge on any atom is 0.270 e. The lowest BCUT2D eigenvalue weighted by molar-refractivity contribution is -0.128. The molecule has 1 aromatic rings. The highest BCUT2D eigenvalue weighted by Crippen LogP contribution is 1.95. The highest BCUT2D eigenvalue weighted by atomic mass is 16.3. The summed E-state index contributed by atoms with van der Waals surface area (Å²) in [6, 6.07) is 5.56. The Balaban J connectivity index is 1.99. The molecule has 1 aromatic carbocycles. The first-order chi connectivity index (χ1) is 8.56. The molecule has 18 heavy (non-hydrogen) atoms. The summed E-state index contributed by atoms with van der Waals surface area (Å²) < 4.78 is 0. The minimum atomic E-state index is -0.991. The molecule has 2 N–H and O–H groups in total. The zero-order valence-corrected chi connectivity index (χ0v) is 10.0. The van der Waals surface area contributed by atoms with E-state index in [2.05, 4.69) is 10.3 Å². The lowest BCUT2D eigenvalue weighted by Crippen LogP contribution is -2.34. The molecule has 5 heteroatoms. The van der Waals surface area contributed by atoms with Crippen LogP contribution in [-0.4, -0.2) is 29.6 Å². The number of amides is 2. The van der Waals surface area contributed by atoms with E-state index in [4.69, 9.17) is 5.11 Å². The molecule has 2 rings (SSSR count). The first kappa shape index (κ1) is 12.4. The van der Waals surface area contributed by atoms with Crippen LogP contribution in [0.5, 0.6) is 0 Å². The SMILES string of the molecule is CC(O)C(=O)NCCc1ccc2c(c1)=CC(=O)N=2. The van der Waals surface area contributed by atoms with Crippen LogP contribution in [0.1, 0.15) is 12.5 Å². The molecule has 0 radical (unpaired) electrons. The Morgan fingerprint density at radius 3 is 3.00 bits per heavy atom. The third kappa shape index (κ3) is 2.81. The number of nitrogens with zero attached hydrogens (tertiary/aromatic N) is 1. The van der Waals surface area contributed by atoms with E-state index in [9.17, 15) is 9.59 Å². The van der Waals surface area contributed by atoms with Crippen LogP contribution in [0.2, 0.25) is 0 Å². The molecule has 0 aliphatic carbocycles. The van der Waals surface area contributed by atoms with Gasteiger partial charge in [0.2, 0.25) is 5.91 Å². The number of hydrogen-bond donors (Lipinski definition) is 2. The van der Waals surface area contributed by atoms with Crippen LogP contribution in [-0.2, 0) is 16.0 Å². The summed E-state index contributed by atoms with van der Waals surface area (Å²) in [4.78, 5) is 26.0. The van der Waals surface area contributed by atoms with Gasteiger partial charge in [-0.3, -0.25) is 9.59 Å². The Morgan fingerprint density at radius 2 is 2.28 bits per heavy atom. The summed E-state index contributed by atoms with van der Waals surface area (Å²) in [6.45, 7) is 1.88. The van der Waals surface area contributed by atoms with Gasteiger partial charge in [-0.1, -0.05) is 6.07 Å². The lowest BCUT2D eigenvalue weighted by atomic mass is 10.1. The van der Waals surface area contributed by atoms with Crippen LogP contribution in [0.25, 0.3) is 6.08 Å². The van der Waals surface area contributed by atoms with Crippen molar-refractivity contribution in [2.75, 3.05) is 6.54 Å². The van der Waals surface area contributed by atoms with Crippen LogP contribution >= 0.6 is 0 Å². The van der Waals surface area contributed by atoms with Crippen LogP contribution in [0.3, 0.4) is 0 Å². The first-order valence-electron chi connectivity index (χ1n) is 5.75. The summed E-state index contributed by atoms with van der Waals surface area (Å²) in [5.41, 5.74) is 1.01. The maximum atomic E-state index is 11.1. The molecule has 0 saturated heterocycles. The second-order valence-electron chi connectivity index (χ2n) is 4.20. The molecule has 1 atom stereocenters. The number of aliphatic hydroxyl groups excluding tert-OH is 1. The van der Waals surface area contributed by atoms with Gasteiger partial charge in [0.25, 0.3) is 5.91 Å². The van der Waals surface area contributed by atoms with E-state index in [0.717, 1.165) is 10.8 Å². The molecule has 0 spiro atoms. The summed E-state index contributed by atoms with van der Waals surface area (Å²) in [6.07, 6.45) is 1.15. The number of nitrogens with one attached hydrogen (secondary N) is 1. The van der Waals surface area contributed by atoms with Crippen molar-refractivity contribution >= 4 is 17.9 Å². The molecular weight excluding hydrogens is 232 g/mol. The summed E-state index contributed by atoms with van der Waals surface area (Å²) in [5.74, 6) is -0.613. The standard InChI is InChI=1S/C13H14N2O3/c1-8(16)13(18)14-5-4-9-2-3-11-10(6-9)7-12(17)15-11/h2-3,6-8,16H,4-5H2,1H3,(H,14,18). The van der Waals surface area contributed by atoms with E-state index in [1.54, 1.807) is 6.07 Å². The number of hydrogen-bond acceptors (Lipinski definition) is 3. The minimum absolute atomic E-state index is 0.232. The molecule has 1 aliphatic rings. The van der Waals surface area contributed by atoms with Crippen LogP contribution in [0, 0.1) is 0 Å². The third-order valence-electron chi connectivity index (χ3n) is 2.69. The van der Waals surface area contributed by atoms with Crippen molar-refractivity contribution < 1.29 is 14.7 Å². The highest BCUT2D eigenvalue weighted by Gasteiger charge is 2.07. The van der Waals surface area contributed by atoms with E-state index in [1.807, 2.05) is 12.1 Å². The predicted molar refractivity (Wildman–Crippen MR) is 65.1 cm³/mol. The second-order valence-corrected chi connectivity index (χ2v) is 4.20. The van der Waals surface area contributed by atoms with Crippen LogP contribution in [0.15, 0.2) is 23.2 Å². The molecule has 1 unspecified atom stereocenters. The summed E-state index contributed by atoms with van der Waals surface area (Å²) in [5, 5.41) is 13.1. The molecule has 0 saturated carbocycles. The van der Waals surface area contributed by atoms with Gasteiger partial charge in [0.15, 0.2) is 0 Å². The number of benzene rings is 1. The number of aliphatic hydroxyl groups is 1. The van der Waals surface area contributed by atoms with Gasteiger partial charge in [0, 0.05) is 17.8 Å². The van der Waals surface area contributed by atoms with Gasteiger partial charge in [0.1, 0.15) is 6.10 Å². The first-order valence-corrected chi connectivity index (χ1v) is 5.75. The van der Waals surface area contributed by atoms with Gasteiger partial charge < -0.3 is 10.4 Å². The van der Waals surface area contributed by atoms with Gasteiger partial charge in [0.05, 0.1) is 5.36 Å². The number of carbonyl (C=O) groups excluding carboxylic acids is 2. The topological polar surface area (TPSA) is 78.8 Å². The summed E-state index contributed by atoms with van der Waals surface area (Å²) >= 11 is 0. The van der Waals surface area contributed by atoms with Gasteiger partial charge in [-0.05, 0) is 31.0 Å². The molecule has 5 nitrogen and oxygen atoms in total. The normalized spacial score (nSPS) is 14.4. The average molecular weight is 246 g/mol. The molecule has 1 heterocycles. The zero-order valence-electron chi connectivity index (χ0n) is 10.0.